The summed E-state index contributed by atoms with van der Waals surface area (Å²) in [5.74, 6) is -1.22. The highest BCUT2D eigenvalue weighted by Crippen LogP contribution is 2.38. The summed E-state index contributed by atoms with van der Waals surface area (Å²) >= 11 is 21.0. The largest absolute Gasteiger partial charge is 0.207 e. The van der Waals surface area contributed by atoms with Crippen LogP contribution in [0.1, 0.15) is 16.5 Å². The summed E-state index contributed by atoms with van der Waals surface area (Å²) in [4.78, 5) is 0. The number of rotatable bonds is 2. The van der Waals surface area contributed by atoms with Crippen LogP contribution in [0.15, 0.2) is 34.8 Å². The monoisotopic (exact) mass is 384 g/mol. The number of alkyl halides is 1. The van der Waals surface area contributed by atoms with Gasteiger partial charge in [-0.3, -0.25) is 0 Å². The third-order valence-corrected chi connectivity index (χ3v) is 4.48. The highest BCUT2D eigenvalue weighted by atomic mass is 79.9. The maximum atomic E-state index is 13.8. The molecule has 0 aromatic heterocycles. The number of hydrogen-bond acceptors (Lipinski definition) is 0. The lowest BCUT2D eigenvalue weighted by Crippen LogP contribution is -2.00. The maximum Gasteiger partial charge on any atom is 0.137 e. The molecule has 2 aromatic rings. The first kappa shape index (κ1) is 15.0. The SMILES string of the molecule is Fc1cc(C(Cl)c2cccc(Cl)c2Cl)c(F)cc1Br. The highest BCUT2D eigenvalue weighted by Gasteiger charge is 2.21. The maximum absolute atomic E-state index is 13.8. The van der Waals surface area contributed by atoms with Crippen LogP contribution in [0, 0.1) is 11.6 Å². The van der Waals surface area contributed by atoms with Gasteiger partial charge in [-0.2, -0.15) is 0 Å². The molecule has 1 unspecified atom stereocenters. The minimum atomic E-state index is -0.922. The van der Waals surface area contributed by atoms with Gasteiger partial charge < -0.3 is 0 Å². The Bertz CT molecular complexity index is 632. The van der Waals surface area contributed by atoms with E-state index in [0.717, 1.165) is 12.1 Å². The first-order valence-corrected chi connectivity index (χ1v) is 7.12. The summed E-state index contributed by atoms with van der Waals surface area (Å²) in [7, 11) is 0. The van der Waals surface area contributed by atoms with Gasteiger partial charge in [0.1, 0.15) is 11.6 Å². The second kappa shape index (κ2) is 5.96. The van der Waals surface area contributed by atoms with Crippen molar-refractivity contribution in [2.45, 2.75) is 5.38 Å². The molecule has 2 aromatic carbocycles. The molecule has 0 radical (unpaired) electrons. The van der Waals surface area contributed by atoms with Crippen LogP contribution in [-0.2, 0) is 0 Å². The normalized spacial score (nSPS) is 12.5. The lowest BCUT2D eigenvalue weighted by atomic mass is 10.0. The Labute approximate surface area is 132 Å². The molecule has 0 heterocycles. The molecule has 1 atom stereocenters. The molecule has 100 valence electrons. The van der Waals surface area contributed by atoms with E-state index in [0.29, 0.717) is 10.6 Å². The lowest BCUT2D eigenvalue weighted by molar-refractivity contribution is 0.582. The van der Waals surface area contributed by atoms with Crippen molar-refractivity contribution < 1.29 is 8.78 Å². The number of hydrogen-bond donors (Lipinski definition) is 0. The van der Waals surface area contributed by atoms with Crippen molar-refractivity contribution in [2.75, 3.05) is 0 Å². The molecule has 0 bridgehead atoms. The molecule has 0 N–H and O–H groups in total. The smallest absolute Gasteiger partial charge is 0.137 e. The molecular formula is C13H6BrCl3F2. The van der Waals surface area contributed by atoms with Crippen molar-refractivity contribution in [1.29, 1.82) is 0 Å². The Hall–Kier alpha value is -0.350. The van der Waals surface area contributed by atoms with Crippen LogP contribution in [0.25, 0.3) is 0 Å². The average Bonchev–Trinajstić information content (AvgIpc) is 2.36. The van der Waals surface area contributed by atoms with Crippen LogP contribution in [0.4, 0.5) is 8.78 Å². The summed E-state index contributed by atoms with van der Waals surface area (Å²) in [6, 6.07) is 6.92. The van der Waals surface area contributed by atoms with E-state index >= 15 is 0 Å². The lowest BCUT2D eigenvalue weighted by Gasteiger charge is -2.14. The summed E-state index contributed by atoms with van der Waals surface area (Å²) in [6.07, 6.45) is 0. The molecule has 0 aliphatic heterocycles. The molecular weight excluding hydrogens is 380 g/mol. The van der Waals surface area contributed by atoms with E-state index in [1.165, 1.54) is 0 Å². The topological polar surface area (TPSA) is 0 Å². The van der Waals surface area contributed by atoms with Gasteiger partial charge in [-0.05, 0) is 39.7 Å². The van der Waals surface area contributed by atoms with Crippen LogP contribution >= 0.6 is 50.7 Å². The van der Waals surface area contributed by atoms with Gasteiger partial charge in [0.15, 0.2) is 0 Å². The molecule has 19 heavy (non-hydrogen) atoms. The van der Waals surface area contributed by atoms with Gasteiger partial charge in [-0.15, -0.1) is 11.6 Å². The average molecular weight is 386 g/mol. The van der Waals surface area contributed by atoms with Crippen LogP contribution in [0.5, 0.6) is 0 Å². The van der Waals surface area contributed by atoms with E-state index in [-0.39, 0.29) is 15.1 Å². The van der Waals surface area contributed by atoms with Gasteiger partial charge in [0, 0.05) is 5.56 Å². The van der Waals surface area contributed by atoms with Gasteiger partial charge >= 0.3 is 0 Å². The van der Waals surface area contributed by atoms with Crippen LogP contribution < -0.4 is 0 Å². The minimum absolute atomic E-state index is 0.00605. The van der Waals surface area contributed by atoms with Crippen molar-refractivity contribution in [3.63, 3.8) is 0 Å². The van der Waals surface area contributed by atoms with Crippen molar-refractivity contribution in [3.8, 4) is 0 Å². The van der Waals surface area contributed by atoms with Gasteiger partial charge in [-0.1, -0.05) is 35.3 Å². The third-order valence-electron chi connectivity index (χ3n) is 2.57. The zero-order valence-electron chi connectivity index (χ0n) is 9.23. The van der Waals surface area contributed by atoms with Gasteiger partial charge in [-0.25, -0.2) is 8.78 Å². The third kappa shape index (κ3) is 3.05. The second-order valence-corrected chi connectivity index (χ2v) is 5.87. The van der Waals surface area contributed by atoms with E-state index in [1.807, 2.05) is 0 Å². The first-order chi connectivity index (χ1) is 8.91. The molecule has 0 fully saturated rings. The Balaban J connectivity index is 2.53. The molecule has 2 rings (SSSR count). The molecule has 0 spiro atoms. The second-order valence-electron chi connectivity index (χ2n) is 3.79. The van der Waals surface area contributed by atoms with Crippen LogP contribution in [0.3, 0.4) is 0 Å². The molecule has 0 saturated carbocycles. The summed E-state index contributed by atoms with van der Waals surface area (Å²) in [6.45, 7) is 0. The summed E-state index contributed by atoms with van der Waals surface area (Å²) < 4.78 is 27.4. The predicted octanol–water partition coefficient (Wildman–Crippen LogP) is 6.36. The van der Waals surface area contributed by atoms with Gasteiger partial charge in [0.25, 0.3) is 0 Å². The Kier molecular flexibility index (Phi) is 4.72. The standard InChI is InChI=1S/C13H6BrCl3F2/c14-8-5-10(18)7(4-11(8)19)12(16)6-2-1-3-9(15)13(6)17/h1-5,12H. The fourth-order valence-electron chi connectivity index (χ4n) is 1.62. The van der Waals surface area contributed by atoms with Crippen LogP contribution in [-0.4, -0.2) is 0 Å². The van der Waals surface area contributed by atoms with Crippen molar-refractivity contribution >= 4 is 50.7 Å². The zero-order chi connectivity index (χ0) is 14.2. The molecule has 6 heteroatoms. The summed E-state index contributed by atoms with van der Waals surface area (Å²) in [5, 5.41) is -0.386. The van der Waals surface area contributed by atoms with E-state index in [2.05, 4.69) is 15.9 Å². The number of halogens is 6. The van der Waals surface area contributed by atoms with Gasteiger partial charge in [0.2, 0.25) is 0 Å². The quantitative estimate of drug-likeness (QED) is 0.416. The van der Waals surface area contributed by atoms with Crippen molar-refractivity contribution in [3.05, 3.63) is 67.6 Å². The van der Waals surface area contributed by atoms with E-state index in [4.69, 9.17) is 34.8 Å². The highest BCUT2D eigenvalue weighted by molar-refractivity contribution is 9.10. The fraction of sp³-hybridized carbons (Fsp3) is 0.0769. The van der Waals surface area contributed by atoms with Gasteiger partial charge in [0.05, 0.1) is 19.9 Å². The first-order valence-electron chi connectivity index (χ1n) is 5.14. The van der Waals surface area contributed by atoms with E-state index in [9.17, 15) is 8.78 Å². The van der Waals surface area contributed by atoms with Crippen molar-refractivity contribution in [1.82, 2.24) is 0 Å². The van der Waals surface area contributed by atoms with E-state index < -0.39 is 17.0 Å². The fourth-order valence-corrected chi connectivity index (χ4v) is 2.75. The zero-order valence-corrected chi connectivity index (χ0v) is 13.1. The Morgan fingerprint density at radius 3 is 2.37 bits per heavy atom. The molecule has 0 aliphatic rings. The number of benzene rings is 2. The molecule has 0 saturated heterocycles. The molecule has 0 amide bonds. The molecule has 0 aliphatic carbocycles. The predicted molar refractivity (Wildman–Crippen MR) is 78.2 cm³/mol. The van der Waals surface area contributed by atoms with Crippen LogP contribution in [0.2, 0.25) is 10.0 Å². The molecule has 0 nitrogen and oxygen atoms in total. The Morgan fingerprint density at radius 1 is 1.00 bits per heavy atom. The van der Waals surface area contributed by atoms with E-state index in [1.54, 1.807) is 18.2 Å². The summed E-state index contributed by atoms with van der Waals surface area (Å²) in [5.41, 5.74) is 0.433. The Morgan fingerprint density at radius 2 is 1.68 bits per heavy atom. The van der Waals surface area contributed by atoms with Crippen molar-refractivity contribution in [2.24, 2.45) is 0 Å². The minimum Gasteiger partial charge on any atom is -0.207 e.